The summed E-state index contributed by atoms with van der Waals surface area (Å²) in [4.78, 5) is 37.4. The summed E-state index contributed by atoms with van der Waals surface area (Å²) >= 11 is 0. The van der Waals surface area contributed by atoms with Crippen LogP contribution >= 0.6 is 0 Å². The van der Waals surface area contributed by atoms with E-state index >= 15 is 0 Å². The number of urea groups is 1. The zero-order valence-electron chi connectivity index (χ0n) is 24.4. The molecule has 0 saturated heterocycles. The second-order valence-corrected chi connectivity index (χ2v) is 10.6. The van der Waals surface area contributed by atoms with Crippen LogP contribution in [0.2, 0.25) is 0 Å². The Balaban J connectivity index is 1.67. The number of hydrogen-bond donors (Lipinski definition) is 4. The highest BCUT2D eigenvalue weighted by Crippen LogP contribution is 2.40. The first-order valence-electron chi connectivity index (χ1n) is 13.2. The Labute approximate surface area is 244 Å². The van der Waals surface area contributed by atoms with Crippen molar-refractivity contribution < 1.29 is 28.6 Å². The van der Waals surface area contributed by atoms with E-state index in [1.54, 1.807) is 49.4 Å². The van der Waals surface area contributed by atoms with Crippen LogP contribution in [0.4, 0.5) is 26.7 Å². The summed E-state index contributed by atoms with van der Waals surface area (Å²) in [6, 6.07) is 19.1. The second kappa shape index (κ2) is 12.1. The van der Waals surface area contributed by atoms with Crippen molar-refractivity contribution in [2.75, 3.05) is 30.2 Å². The number of nitrogens with two attached hydrogens (primary N) is 1. The molecule has 218 valence electrons. The van der Waals surface area contributed by atoms with E-state index in [0.29, 0.717) is 50.5 Å². The van der Waals surface area contributed by atoms with Crippen molar-refractivity contribution in [3.05, 3.63) is 83.4 Å². The Hall–Kier alpha value is -5.25. The molecule has 0 unspecified atom stereocenters. The van der Waals surface area contributed by atoms with Gasteiger partial charge < -0.3 is 30.6 Å². The number of hydrogen-bond acceptors (Lipinski definition) is 6. The molecule has 0 aliphatic carbocycles. The first-order valence-corrected chi connectivity index (χ1v) is 13.2. The minimum Gasteiger partial charge on any atom is -0.492 e. The van der Waals surface area contributed by atoms with E-state index < -0.39 is 18.0 Å². The maximum Gasteiger partial charge on any atom is 0.411 e. The molecule has 0 saturated carbocycles. The van der Waals surface area contributed by atoms with Gasteiger partial charge >= 0.3 is 12.1 Å². The summed E-state index contributed by atoms with van der Waals surface area (Å²) in [6.45, 7) is 7.83. The third kappa shape index (κ3) is 6.38. The van der Waals surface area contributed by atoms with Gasteiger partial charge in [0, 0.05) is 10.8 Å². The summed E-state index contributed by atoms with van der Waals surface area (Å²) < 4.78 is 16.5. The Morgan fingerprint density at radius 3 is 2.02 bits per heavy atom. The number of methoxy groups -OCH3 is 2. The van der Waals surface area contributed by atoms with E-state index in [4.69, 9.17) is 19.9 Å². The zero-order valence-corrected chi connectivity index (χ0v) is 24.4. The van der Waals surface area contributed by atoms with Crippen molar-refractivity contribution >= 4 is 45.9 Å². The average molecular weight is 571 g/mol. The minimum atomic E-state index is -0.669. The number of rotatable bonds is 7. The van der Waals surface area contributed by atoms with Crippen LogP contribution in [0.5, 0.6) is 17.2 Å². The lowest BCUT2D eigenvalue weighted by atomic mass is 9.86. The van der Waals surface area contributed by atoms with Gasteiger partial charge in [-0.15, -0.1) is 0 Å². The third-order valence-electron chi connectivity index (χ3n) is 6.66. The van der Waals surface area contributed by atoms with Gasteiger partial charge in [-0.2, -0.15) is 0 Å². The largest absolute Gasteiger partial charge is 0.492 e. The molecule has 0 aromatic heterocycles. The standard InChI is InChI=1S/C32H34N4O6/c1-18-10-9-13-26(27(18)29(33)37)42-25-15-14-22(20-11-7-8-12-21(20)25)34-30(38)35-23-16-19(32(2,3)4)17-24(28(23)40-5)36-31(39)41-6/h7-17H,1-6H3,(H2,33,37)(H,36,39)(H2,34,35,38). The fourth-order valence-corrected chi connectivity index (χ4v) is 4.53. The van der Waals surface area contributed by atoms with Crippen molar-refractivity contribution in [1.29, 1.82) is 0 Å². The van der Waals surface area contributed by atoms with E-state index in [1.807, 2.05) is 45.0 Å². The van der Waals surface area contributed by atoms with Crippen LogP contribution in [0.3, 0.4) is 0 Å². The highest BCUT2D eigenvalue weighted by atomic mass is 16.5. The number of ether oxygens (including phenoxy) is 3. The molecular formula is C32H34N4O6. The van der Waals surface area contributed by atoms with Gasteiger partial charge in [-0.05, 0) is 53.8 Å². The van der Waals surface area contributed by atoms with Gasteiger partial charge in [0.05, 0.1) is 36.8 Å². The topological polar surface area (TPSA) is 141 Å². The van der Waals surface area contributed by atoms with Gasteiger partial charge in [-0.1, -0.05) is 57.2 Å². The summed E-state index contributed by atoms with van der Waals surface area (Å²) in [6.07, 6.45) is -0.669. The quantitative estimate of drug-likeness (QED) is 0.186. The minimum absolute atomic E-state index is 0.264. The van der Waals surface area contributed by atoms with E-state index in [9.17, 15) is 14.4 Å². The fraction of sp³-hybridized carbons (Fsp3) is 0.219. The van der Waals surface area contributed by atoms with Gasteiger partial charge in [0.2, 0.25) is 0 Å². The molecule has 10 heteroatoms. The molecule has 4 rings (SSSR count). The Bertz CT molecular complexity index is 1680. The van der Waals surface area contributed by atoms with Gasteiger partial charge in [-0.3, -0.25) is 10.1 Å². The molecule has 4 amide bonds. The van der Waals surface area contributed by atoms with Crippen LogP contribution in [0.15, 0.2) is 66.7 Å². The van der Waals surface area contributed by atoms with E-state index in [-0.39, 0.29) is 11.2 Å². The molecule has 0 aliphatic heterocycles. The van der Waals surface area contributed by atoms with Gasteiger partial charge in [0.25, 0.3) is 5.91 Å². The first-order chi connectivity index (χ1) is 19.9. The van der Waals surface area contributed by atoms with Crippen LogP contribution in [0.25, 0.3) is 10.8 Å². The number of amides is 4. The van der Waals surface area contributed by atoms with E-state index in [2.05, 4.69) is 16.0 Å². The van der Waals surface area contributed by atoms with Crippen LogP contribution in [0, 0.1) is 6.92 Å². The first kappa shape index (κ1) is 29.7. The summed E-state index contributed by atoms with van der Waals surface area (Å²) in [5.41, 5.74) is 8.39. The molecule has 5 N–H and O–H groups in total. The summed E-state index contributed by atoms with van der Waals surface area (Å²) in [5.74, 6) is 0.509. The number of carbonyl (C=O) groups is 3. The van der Waals surface area contributed by atoms with E-state index in [1.165, 1.54) is 14.2 Å². The molecule has 0 atom stereocenters. The molecule has 0 bridgehead atoms. The normalized spacial score (nSPS) is 11.0. The maximum atomic E-state index is 13.3. The zero-order chi connectivity index (χ0) is 30.6. The van der Waals surface area contributed by atoms with Crippen molar-refractivity contribution in [1.82, 2.24) is 0 Å². The lowest BCUT2D eigenvalue weighted by molar-refractivity contribution is 0.0997. The molecule has 10 nitrogen and oxygen atoms in total. The molecule has 42 heavy (non-hydrogen) atoms. The predicted molar refractivity (Wildman–Crippen MR) is 164 cm³/mol. The Morgan fingerprint density at radius 2 is 1.40 bits per heavy atom. The predicted octanol–water partition coefficient (Wildman–Crippen LogP) is 7.17. The lowest BCUT2D eigenvalue weighted by Gasteiger charge is -2.24. The van der Waals surface area contributed by atoms with Crippen LogP contribution in [0.1, 0.15) is 42.3 Å². The second-order valence-electron chi connectivity index (χ2n) is 10.6. The van der Waals surface area contributed by atoms with E-state index in [0.717, 1.165) is 5.56 Å². The smallest absolute Gasteiger partial charge is 0.411 e. The molecule has 0 radical (unpaired) electrons. The van der Waals surface area contributed by atoms with Crippen LogP contribution in [-0.2, 0) is 10.2 Å². The van der Waals surface area contributed by atoms with Crippen LogP contribution < -0.4 is 31.2 Å². The van der Waals surface area contributed by atoms with Crippen molar-refractivity contribution in [2.24, 2.45) is 5.73 Å². The van der Waals surface area contributed by atoms with Gasteiger partial charge in [-0.25, -0.2) is 9.59 Å². The van der Waals surface area contributed by atoms with Gasteiger partial charge in [0.15, 0.2) is 5.75 Å². The average Bonchev–Trinajstić information content (AvgIpc) is 2.93. The van der Waals surface area contributed by atoms with Crippen LogP contribution in [-0.4, -0.2) is 32.3 Å². The number of anilines is 3. The molecule has 0 aliphatic rings. The van der Waals surface area contributed by atoms with Crippen molar-refractivity contribution in [3.63, 3.8) is 0 Å². The SMILES string of the molecule is COC(=O)Nc1cc(C(C)(C)C)cc(NC(=O)Nc2ccc(Oc3cccc(C)c3C(N)=O)c3ccccc23)c1OC. The lowest BCUT2D eigenvalue weighted by Crippen LogP contribution is -2.22. The highest BCUT2D eigenvalue weighted by Gasteiger charge is 2.22. The number of aryl methyl sites for hydroxylation is 1. The monoisotopic (exact) mass is 570 g/mol. The number of primary amides is 1. The summed E-state index contributed by atoms with van der Waals surface area (Å²) in [5, 5.41) is 9.82. The van der Waals surface area contributed by atoms with Crippen molar-refractivity contribution in [3.8, 4) is 17.2 Å². The molecule has 0 spiro atoms. The molecule has 0 heterocycles. The number of nitrogens with one attached hydrogen (secondary N) is 3. The maximum absolute atomic E-state index is 13.3. The Morgan fingerprint density at radius 1 is 0.762 bits per heavy atom. The number of fused-ring (bicyclic) bond motifs is 1. The number of carbonyl (C=O) groups excluding carboxylic acids is 3. The molecule has 4 aromatic carbocycles. The number of benzene rings is 4. The Kier molecular flexibility index (Phi) is 8.56. The molecule has 0 fully saturated rings. The van der Waals surface area contributed by atoms with Crippen molar-refractivity contribution in [2.45, 2.75) is 33.1 Å². The highest BCUT2D eigenvalue weighted by molar-refractivity contribution is 6.08. The summed E-state index contributed by atoms with van der Waals surface area (Å²) in [7, 11) is 2.71. The van der Waals surface area contributed by atoms with Gasteiger partial charge in [0.1, 0.15) is 11.5 Å². The fourth-order valence-electron chi connectivity index (χ4n) is 4.53. The third-order valence-corrected chi connectivity index (χ3v) is 6.66. The molecule has 4 aromatic rings. The molecular weight excluding hydrogens is 536 g/mol.